The molecule has 0 fully saturated rings. The van der Waals surface area contributed by atoms with E-state index in [2.05, 4.69) is 20.8 Å². The number of anilines is 1. The fourth-order valence-corrected chi connectivity index (χ4v) is 1.99. The molecule has 0 radical (unpaired) electrons. The molecule has 0 aliphatic heterocycles. The normalized spacial score (nSPS) is 10.0. The summed E-state index contributed by atoms with van der Waals surface area (Å²) in [5.41, 5.74) is 1.09. The third-order valence-electron chi connectivity index (χ3n) is 2.87. The molecular weight excluding hydrogens is 292 g/mol. The molecule has 1 aromatic heterocycles. The summed E-state index contributed by atoms with van der Waals surface area (Å²) in [5, 5.41) is 14.0. The van der Waals surface area contributed by atoms with E-state index >= 15 is 0 Å². The summed E-state index contributed by atoms with van der Waals surface area (Å²) in [7, 11) is 3.13. The van der Waals surface area contributed by atoms with Crippen molar-refractivity contribution in [3.63, 3.8) is 0 Å². The van der Waals surface area contributed by atoms with Gasteiger partial charge in [0.25, 0.3) is 5.91 Å². The number of carbonyl (C=O) groups excluding carboxylic acids is 1. The molecule has 0 saturated heterocycles. The highest BCUT2D eigenvalue weighted by Crippen LogP contribution is 2.26. The number of hydrogen-bond acceptors (Lipinski definition) is 5. The Labute approximate surface area is 127 Å². The molecule has 0 aliphatic carbocycles. The maximum Gasteiger partial charge on any atom is 0.271 e. The molecule has 1 heterocycles. The summed E-state index contributed by atoms with van der Waals surface area (Å²) in [6.07, 6.45) is 0. The van der Waals surface area contributed by atoms with Crippen LogP contribution in [0.5, 0.6) is 5.75 Å². The first-order chi connectivity index (χ1) is 10.2. The Hall–Kier alpha value is -2.34. The fraction of sp³-hybridized carbons (Fsp3) is 0.214. The van der Waals surface area contributed by atoms with E-state index in [1.54, 1.807) is 32.4 Å². The summed E-state index contributed by atoms with van der Waals surface area (Å²) in [5.74, 6) is 0.969. The molecule has 2 rings (SSSR count). The zero-order chi connectivity index (χ0) is 15.2. The maximum atomic E-state index is 11.4. The van der Waals surface area contributed by atoms with E-state index in [-0.39, 0.29) is 11.6 Å². The molecule has 1 aromatic carbocycles. The van der Waals surface area contributed by atoms with Gasteiger partial charge in [-0.3, -0.25) is 4.79 Å². The minimum Gasteiger partial charge on any atom is -0.496 e. The first-order valence-corrected chi connectivity index (χ1v) is 6.64. The molecule has 0 atom stereocenters. The van der Waals surface area contributed by atoms with Crippen LogP contribution in [-0.2, 0) is 6.54 Å². The van der Waals surface area contributed by atoms with Crippen molar-refractivity contribution in [1.82, 2.24) is 15.5 Å². The standard InChI is InChI=1S/C14H15ClN4O2/c1-16-14(20)11-6-7-13(19-18-11)17-8-9-10(15)4-3-5-12(9)21-2/h3-7H,8H2,1-2H3,(H,16,20)(H,17,19). The Balaban J connectivity index is 2.08. The monoisotopic (exact) mass is 306 g/mol. The summed E-state index contributed by atoms with van der Waals surface area (Å²) in [6, 6.07) is 8.73. The van der Waals surface area contributed by atoms with Gasteiger partial charge >= 0.3 is 0 Å². The summed E-state index contributed by atoms with van der Waals surface area (Å²) in [6.45, 7) is 0.441. The Morgan fingerprint density at radius 2 is 2.10 bits per heavy atom. The highest BCUT2D eigenvalue weighted by atomic mass is 35.5. The second-order valence-corrected chi connectivity index (χ2v) is 4.56. The minimum absolute atomic E-state index is 0.262. The topological polar surface area (TPSA) is 76.1 Å². The zero-order valence-electron chi connectivity index (χ0n) is 11.7. The van der Waals surface area contributed by atoms with E-state index in [4.69, 9.17) is 16.3 Å². The van der Waals surface area contributed by atoms with Gasteiger partial charge in [0.2, 0.25) is 0 Å². The van der Waals surface area contributed by atoms with E-state index in [1.807, 2.05) is 12.1 Å². The lowest BCUT2D eigenvalue weighted by Gasteiger charge is -2.11. The van der Waals surface area contributed by atoms with Gasteiger partial charge in [0, 0.05) is 24.2 Å². The molecular formula is C14H15ClN4O2. The van der Waals surface area contributed by atoms with Crippen LogP contribution >= 0.6 is 11.6 Å². The molecule has 0 saturated carbocycles. The summed E-state index contributed by atoms with van der Waals surface area (Å²) >= 11 is 6.15. The third kappa shape index (κ3) is 3.61. The zero-order valence-corrected chi connectivity index (χ0v) is 12.4. The van der Waals surface area contributed by atoms with E-state index in [0.29, 0.717) is 23.1 Å². The molecule has 0 unspecified atom stereocenters. The quantitative estimate of drug-likeness (QED) is 0.885. The van der Waals surface area contributed by atoms with Gasteiger partial charge in [-0.25, -0.2) is 0 Å². The van der Waals surface area contributed by atoms with Crippen LogP contribution in [0.15, 0.2) is 30.3 Å². The molecule has 2 aromatic rings. The van der Waals surface area contributed by atoms with Crippen molar-refractivity contribution in [2.24, 2.45) is 0 Å². The van der Waals surface area contributed by atoms with Gasteiger partial charge in [0.15, 0.2) is 5.69 Å². The first kappa shape index (κ1) is 15.1. The predicted octanol–water partition coefficient (Wildman–Crippen LogP) is 2.11. The Kier molecular flexibility index (Phi) is 4.94. The smallest absolute Gasteiger partial charge is 0.271 e. The first-order valence-electron chi connectivity index (χ1n) is 6.26. The number of ether oxygens (including phenoxy) is 1. The van der Waals surface area contributed by atoms with Crippen molar-refractivity contribution in [3.8, 4) is 5.75 Å². The van der Waals surface area contributed by atoms with E-state index in [9.17, 15) is 4.79 Å². The van der Waals surface area contributed by atoms with Crippen molar-refractivity contribution >= 4 is 23.3 Å². The third-order valence-corrected chi connectivity index (χ3v) is 3.22. The van der Waals surface area contributed by atoms with Gasteiger partial charge < -0.3 is 15.4 Å². The lowest BCUT2D eigenvalue weighted by Crippen LogP contribution is -2.19. The van der Waals surface area contributed by atoms with Crippen molar-refractivity contribution in [2.45, 2.75) is 6.54 Å². The van der Waals surface area contributed by atoms with Gasteiger partial charge in [-0.2, -0.15) is 0 Å². The fourth-order valence-electron chi connectivity index (χ4n) is 1.76. The number of amides is 1. The number of aromatic nitrogens is 2. The highest BCUT2D eigenvalue weighted by Gasteiger charge is 2.09. The van der Waals surface area contributed by atoms with Crippen LogP contribution in [0.3, 0.4) is 0 Å². The Morgan fingerprint density at radius 3 is 2.71 bits per heavy atom. The van der Waals surface area contributed by atoms with Crippen LogP contribution in [0, 0.1) is 0 Å². The number of hydrogen-bond donors (Lipinski definition) is 2. The number of benzene rings is 1. The van der Waals surface area contributed by atoms with Crippen LogP contribution in [0.4, 0.5) is 5.82 Å². The van der Waals surface area contributed by atoms with Gasteiger partial charge in [0.1, 0.15) is 11.6 Å². The van der Waals surface area contributed by atoms with Crippen molar-refractivity contribution in [1.29, 1.82) is 0 Å². The molecule has 7 heteroatoms. The molecule has 1 amide bonds. The average Bonchev–Trinajstić information content (AvgIpc) is 2.53. The predicted molar refractivity (Wildman–Crippen MR) is 80.8 cm³/mol. The van der Waals surface area contributed by atoms with Crippen molar-refractivity contribution < 1.29 is 9.53 Å². The van der Waals surface area contributed by atoms with E-state index < -0.39 is 0 Å². The van der Waals surface area contributed by atoms with E-state index in [1.165, 1.54) is 0 Å². The number of methoxy groups -OCH3 is 1. The number of carbonyl (C=O) groups is 1. The van der Waals surface area contributed by atoms with Gasteiger partial charge in [-0.1, -0.05) is 17.7 Å². The van der Waals surface area contributed by atoms with Crippen LogP contribution in [-0.4, -0.2) is 30.3 Å². The summed E-state index contributed by atoms with van der Waals surface area (Å²) < 4.78 is 5.27. The van der Waals surface area contributed by atoms with Crippen LogP contribution in [0.25, 0.3) is 0 Å². The molecule has 0 spiro atoms. The molecule has 2 N–H and O–H groups in total. The van der Waals surface area contributed by atoms with Gasteiger partial charge in [-0.05, 0) is 24.3 Å². The Bertz CT molecular complexity index is 631. The maximum absolute atomic E-state index is 11.4. The lowest BCUT2D eigenvalue weighted by molar-refractivity contribution is 0.0957. The number of rotatable bonds is 5. The van der Waals surface area contributed by atoms with Crippen molar-refractivity contribution in [3.05, 3.63) is 46.6 Å². The molecule has 6 nitrogen and oxygen atoms in total. The molecule has 110 valence electrons. The van der Waals surface area contributed by atoms with Gasteiger partial charge in [0.05, 0.1) is 7.11 Å². The number of halogens is 1. The summed E-state index contributed by atoms with van der Waals surface area (Å²) in [4.78, 5) is 11.4. The Morgan fingerprint density at radius 1 is 1.29 bits per heavy atom. The minimum atomic E-state index is -0.276. The molecule has 21 heavy (non-hydrogen) atoms. The molecule has 0 bridgehead atoms. The van der Waals surface area contributed by atoms with Crippen LogP contribution < -0.4 is 15.4 Å². The largest absolute Gasteiger partial charge is 0.496 e. The average molecular weight is 307 g/mol. The van der Waals surface area contributed by atoms with E-state index in [0.717, 1.165) is 5.56 Å². The highest BCUT2D eigenvalue weighted by molar-refractivity contribution is 6.31. The van der Waals surface area contributed by atoms with Gasteiger partial charge in [-0.15, -0.1) is 10.2 Å². The lowest BCUT2D eigenvalue weighted by atomic mass is 10.2. The number of nitrogens with one attached hydrogen (secondary N) is 2. The van der Waals surface area contributed by atoms with Crippen LogP contribution in [0.2, 0.25) is 5.02 Å². The molecule has 0 aliphatic rings. The second kappa shape index (κ2) is 6.90. The number of nitrogens with zero attached hydrogens (tertiary/aromatic N) is 2. The van der Waals surface area contributed by atoms with Crippen LogP contribution in [0.1, 0.15) is 16.1 Å². The second-order valence-electron chi connectivity index (χ2n) is 4.16. The SMILES string of the molecule is CNC(=O)c1ccc(NCc2c(Cl)cccc2OC)nn1. The van der Waals surface area contributed by atoms with Crippen molar-refractivity contribution in [2.75, 3.05) is 19.5 Å².